The number of amides is 1. The van der Waals surface area contributed by atoms with E-state index in [-0.39, 0.29) is 19.6 Å². The van der Waals surface area contributed by atoms with Gasteiger partial charge in [0, 0.05) is 13.6 Å². The Morgan fingerprint density at radius 2 is 1.52 bits per heavy atom. The predicted molar refractivity (Wildman–Crippen MR) is 114 cm³/mol. The van der Waals surface area contributed by atoms with Gasteiger partial charge >= 0.3 is 17.1 Å². The van der Waals surface area contributed by atoms with Crippen molar-refractivity contribution in [3.8, 4) is 11.5 Å². The molecule has 0 unspecified atom stereocenters. The molecule has 2 aromatic rings. The highest BCUT2D eigenvalue weighted by atomic mass is 16.6. The lowest BCUT2D eigenvalue weighted by Crippen LogP contribution is -2.55. The third-order valence-corrected chi connectivity index (χ3v) is 4.75. The number of rotatable bonds is 8. The van der Waals surface area contributed by atoms with Gasteiger partial charge in [-0.3, -0.25) is 4.79 Å². The molecule has 0 N–H and O–H groups in total. The van der Waals surface area contributed by atoms with Crippen LogP contribution in [0, 0.1) is 0 Å². The van der Waals surface area contributed by atoms with Gasteiger partial charge in [0.05, 0.1) is 13.1 Å². The Labute approximate surface area is 177 Å². The van der Waals surface area contributed by atoms with Crippen LogP contribution in [0.1, 0.15) is 5.56 Å². The largest absolute Gasteiger partial charge is 0.486 e. The summed E-state index contributed by atoms with van der Waals surface area (Å²) in [5, 5.41) is 0. The summed E-state index contributed by atoms with van der Waals surface area (Å²) in [5.41, 5.74) is -1.70. The van der Waals surface area contributed by atoms with Gasteiger partial charge in [0.1, 0.15) is 19.8 Å². The first-order chi connectivity index (χ1) is 14.9. The lowest BCUT2D eigenvalue weighted by molar-refractivity contribution is -0.131. The molecule has 0 saturated heterocycles. The number of carbonyl (C=O) groups is 1. The third kappa shape index (κ3) is 4.52. The monoisotopic (exact) mass is 428 g/mol. The molecule has 0 bridgehead atoms. The van der Waals surface area contributed by atoms with Gasteiger partial charge in [-0.1, -0.05) is 18.2 Å². The van der Waals surface area contributed by atoms with Gasteiger partial charge < -0.3 is 14.4 Å². The Morgan fingerprint density at radius 3 is 2.10 bits per heavy atom. The quantitative estimate of drug-likeness (QED) is 0.547. The first kappa shape index (κ1) is 21.9. The van der Waals surface area contributed by atoms with Crippen molar-refractivity contribution in [2.24, 2.45) is 0 Å². The molecule has 164 valence electrons. The number of nitrogens with zero attached hydrogens (tertiary/aromatic N) is 4. The lowest BCUT2D eigenvalue weighted by atomic mass is 10.2. The Hall–Kier alpha value is -3.82. The molecular weight excluding hydrogens is 404 g/mol. The van der Waals surface area contributed by atoms with Crippen molar-refractivity contribution >= 4 is 5.91 Å². The van der Waals surface area contributed by atoms with Crippen LogP contribution in [-0.4, -0.2) is 44.8 Å². The van der Waals surface area contributed by atoms with Crippen molar-refractivity contribution in [3.63, 3.8) is 0 Å². The van der Waals surface area contributed by atoms with Gasteiger partial charge in [-0.05, 0) is 17.7 Å². The number of ether oxygens (including phenoxy) is 2. The van der Waals surface area contributed by atoms with Crippen molar-refractivity contribution in [1.82, 2.24) is 18.6 Å². The maximum absolute atomic E-state index is 12.8. The van der Waals surface area contributed by atoms with E-state index in [4.69, 9.17) is 9.47 Å². The van der Waals surface area contributed by atoms with Gasteiger partial charge in [-0.2, -0.15) is 0 Å². The highest BCUT2D eigenvalue weighted by Crippen LogP contribution is 2.31. The first-order valence-corrected chi connectivity index (χ1v) is 9.66. The van der Waals surface area contributed by atoms with Crippen molar-refractivity contribution in [1.29, 1.82) is 0 Å². The third-order valence-electron chi connectivity index (χ3n) is 4.75. The van der Waals surface area contributed by atoms with E-state index in [0.717, 1.165) is 19.3 Å². The number of allylic oxidation sites excluding steroid dienone is 2. The number of aromatic nitrogens is 3. The maximum atomic E-state index is 12.8. The Kier molecular flexibility index (Phi) is 6.58. The van der Waals surface area contributed by atoms with Gasteiger partial charge in [0.2, 0.25) is 5.91 Å². The second-order valence-corrected chi connectivity index (χ2v) is 6.96. The van der Waals surface area contributed by atoms with E-state index in [1.54, 1.807) is 19.2 Å². The normalized spacial score (nSPS) is 12.3. The fraction of sp³-hybridized carbons (Fsp3) is 0.333. The molecule has 2 heterocycles. The summed E-state index contributed by atoms with van der Waals surface area (Å²) in [6.07, 6.45) is 2.73. The summed E-state index contributed by atoms with van der Waals surface area (Å²) in [5.74, 6) is 0.774. The molecule has 10 heteroatoms. The highest BCUT2D eigenvalue weighted by molar-refractivity contribution is 5.75. The maximum Gasteiger partial charge on any atom is 0.337 e. The Bertz CT molecular complexity index is 1140. The second kappa shape index (κ2) is 9.33. The van der Waals surface area contributed by atoms with E-state index < -0.39 is 29.5 Å². The van der Waals surface area contributed by atoms with Crippen molar-refractivity contribution in [3.05, 3.63) is 80.5 Å². The Balaban J connectivity index is 1.86. The fourth-order valence-corrected chi connectivity index (χ4v) is 3.19. The van der Waals surface area contributed by atoms with Crippen molar-refractivity contribution in [2.45, 2.75) is 26.2 Å². The van der Waals surface area contributed by atoms with Crippen LogP contribution < -0.4 is 26.5 Å². The summed E-state index contributed by atoms with van der Waals surface area (Å²) in [7, 11) is 1.56. The molecule has 0 aliphatic carbocycles. The lowest BCUT2D eigenvalue weighted by Gasteiger charge is -2.21. The summed E-state index contributed by atoms with van der Waals surface area (Å²) in [6.45, 7) is 7.53. The van der Waals surface area contributed by atoms with Crippen LogP contribution in [0.25, 0.3) is 0 Å². The molecule has 1 amide bonds. The molecule has 10 nitrogen and oxygen atoms in total. The molecule has 1 aromatic heterocycles. The smallest absolute Gasteiger partial charge is 0.337 e. The molecule has 0 atom stereocenters. The number of likely N-dealkylation sites (N-methyl/N-ethyl adjacent to an activating group) is 1. The van der Waals surface area contributed by atoms with E-state index in [2.05, 4.69) is 13.2 Å². The van der Waals surface area contributed by atoms with Gasteiger partial charge in [-0.15, -0.1) is 13.2 Å². The molecule has 0 fully saturated rings. The van der Waals surface area contributed by atoms with Gasteiger partial charge in [0.15, 0.2) is 11.5 Å². The van der Waals surface area contributed by atoms with Gasteiger partial charge in [-0.25, -0.2) is 28.1 Å². The average Bonchev–Trinajstić information content (AvgIpc) is 2.77. The fourth-order valence-electron chi connectivity index (χ4n) is 3.19. The van der Waals surface area contributed by atoms with Crippen LogP contribution >= 0.6 is 0 Å². The number of fused-ring (bicyclic) bond motifs is 1. The summed E-state index contributed by atoms with van der Waals surface area (Å²) < 4.78 is 13.5. The number of carbonyl (C=O) groups excluding carboxylic acids is 1. The molecule has 1 aliphatic rings. The van der Waals surface area contributed by atoms with E-state index in [1.807, 2.05) is 6.07 Å². The van der Waals surface area contributed by atoms with Crippen molar-refractivity contribution in [2.75, 3.05) is 20.3 Å². The molecule has 1 aliphatic heterocycles. The molecule has 3 rings (SSSR count). The zero-order valence-electron chi connectivity index (χ0n) is 17.3. The zero-order valence-corrected chi connectivity index (χ0v) is 17.3. The summed E-state index contributed by atoms with van der Waals surface area (Å²) in [6, 6.07) is 5.36. The number of hydrogen-bond donors (Lipinski definition) is 0. The molecule has 0 radical (unpaired) electrons. The average molecular weight is 428 g/mol. The molecule has 0 spiro atoms. The molecule has 31 heavy (non-hydrogen) atoms. The van der Waals surface area contributed by atoms with Crippen LogP contribution in [0.2, 0.25) is 0 Å². The van der Waals surface area contributed by atoms with Crippen LogP contribution in [-0.2, 0) is 31.0 Å². The minimum Gasteiger partial charge on any atom is -0.486 e. The Morgan fingerprint density at radius 1 is 0.968 bits per heavy atom. The van der Waals surface area contributed by atoms with E-state index in [1.165, 1.54) is 17.1 Å². The number of hydrogen-bond acceptors (Lipinski definition) is 6. The predicted octanol–water partition coefficient (Wildman–Crippen LogP) is -0.0265. The number of benzene rings is 1. The second-order valence-electron chi connectivity index (χ2n) is 6.96. The SMILES string of the molecule is C=CCn1c(=O)n(CC=C)c(=O)n(CC(=O)N(C)Cc2ccc3c(c2)OCCO3)c1=O. The first-order valence-electron chi connectivity index (χ1n) is 9.66. The minimum atomic E-state index is -0.865. The van der Waals surface area contributed by atoms with E-state index in [9.17, 15) is 19.2 Å². The molecule has 0 saturated carbocycles. The van der Waals surface area contributed by atoms with E-state index in [0.29, 0.717) is 24.7 Å². The summed E-state index contributed by atoms with van der Waals surface area (Å²) in [4.78, 5) is 51.9. The van der Waals surface area contributed by atoms with Crippen LogP contribution in [0.15, 0.2) is 57.9 Å². The van der Waals surface area contributed by atoms with Crippen molar-refractivity contribution < 1.29 is 14.3 Å². The minimum absolute atomic E-state index is 0.0870. The van der Waals surface area contributed by atoms with E-state index >= 15 is 0 Å². The molecule has 1 aromatic carbocycles. The van der Waals surface area contributed by atoms with Crippen LogP contribution in [0.3, 0.4) is 0 Å². The van der Waals surface area contributed by atoms with Crippen LogP contribution in [0.4, 0.5) is 0 Å². The van der Waals surface area contributed by atoms with Crippen LogP contribution in [0.5, 0.6) is 11.5 Å². The molecular formula is C21H24N4O6. The highest BCUT2D eigenvalue weighted by Gasteiger charge is 2.19. The topological polar surface area (TPSA) is 105 Å². The zero-order chi connectivity index (χ0) is 22.5. The summed E-state index contributed by atoms with van der Waals surface area (Å²) >= 11 is 0. The standard InChI is InChI=1S/C21H24N4O6/c1-4-8-23-19(27)24(9-5-2)21(29)25(20(23)28)14-18(26)22(3)13-15-6-7-16-17(12-15)31-11-10-30-16/h4-7,12H,1-2,8-11,13-14H2,3H3. The van der Waals surface area contributed by atoms with Gasteiger partial charge in [0.25, 0.3) is 0 Å².